The molecule has 1 atom stereocenters. The molecule has 0 aromatic rings. The molecule has 0 aliphatic carbocycles. The van der Waals surface area contributed by atoms with Crippen LogP contribution in [0.5, 0.6) is 0 Å². The Labute approximate surface area is 70.8 Å². The Morgan fingerprint density at radius 2 is 2.00 bits per heavy atom. The molecule has 1 radical (unpaired) electrons. The minimum absolute atomic E-state index is 0.361. The van der Waals surface area contributed by atoms with Gasteiger partial charge in [0, 0.05) is 5.25 Å². The highest BCUT2D eigenvalue weighted by atomic mass is 32.1. The summed E-state index contributed by atoms with van der Waals surface area (Å²) in [7, 11) is 0. The van der Waals surface area contributed by atoms with Gasteiger partial charge in [0.1, 0.15) is 0 Å². The van der Waals surface area contributed by atoms with Crippen LogP contribution in [0.2, 0.25) is 0 Å². The first-order chi connectivity index (χ1) is 4.54. The molecule has 0 amide bonds. The van der Waals surface area contributed by atoms with Crippen LogP contribution in [0.25, 0.3) is 0 Å². The topological polar surface area (TPSA) is 0 Å². The van der Waals surface area contributed by atoms with Crippen LogP contribution in [0, 0.1) is 12.3 Å². The molecule has 0 aliphatic heterocycles. The average Bonchev–Trinajstić information content (AvgIpc) is 1.86. The van der Waals surface area contributed by atoms with Gasteiger partial charge in [-0.3, -0.25) is 0 Å². The van der Waals surface area contributed by atoms with E-state index in [1.807, 2.05) is 0 Å². The Morgan fingerprint density at radius 3 is 2.30 bits per heavy atom. The summed E-state index contributed by atoms with van der Waals surface area (Å²) >= 11 is 4.48. The van der Waals surface area contributed by atoms with E-state index in [0.717, 1.165) is 6.42 Å². The quantitative estimate of drug-likeness (QED) is 0.598. The predicted octanol–water partition coefficient (Wildman–Crippen LogP) is 3.34. The van der Waals surface area contributed by atoms with Crippen molar-refractivity contribution in [1.29, 1.82) is 0 Å². The largest absolute Gasteiger partial charge is 0.175 e. The van der Waals surface area contributed by atoms with Crippen molar-refractivity contribution < 1.29 is 0 Å². The lowest BCUT2D eigenvalue weighted by Gasteiger charge is -2.29. The lowest BCUT2D eigenvalue weighted by molar-refractivity contribution is 0.319. The zero-order valence-electron chi connectivity index (χ0n) is 7.35. The molecule has 1 unspecified atom stereocenters. The van der Waals surface area contributed by atoms with E-state index in [-0.39, 0.29) is 0 Å². The van der Waals surface area contributed by atoms with Gasteiger partial charge in [-0.05, 0) is 18.3 Å². The van der Waals surface area contributed by atoms with Crippen LogP contribution in [0.4, 0.5) is 0 Å². The Bertz CT molecular complexity index is 86.7. The summed E-state index contributed by atoms with van der Waals surface area (Å²) in [5, 5.41) is 0.451. The molecule has 61 valence electrons. The summed E-state index contributed by atoms with van der Waals surface area (Å²) in [5.74, 6) is 0. The molecule has 0 heterocycles. The molecular weight excluding hydrogens is 140 g/mol. The molecule has 0 saturated carbocycles. The predicted molar refractivity (Wildman–Crippen MR) is 51.4 cm³/mol. The highest BCUT2D eigenvalue weighted by molar-refractivity contribution is 7.81. The first-order valence-corrected chi connectivity index (χ1v) is 4.53. The monoisotopic (exact) mass is 159 g/mol. The van der Waals surface area contributed by atoms with Crippen molar-refractivity contribution in [3.05, 3.63) is 6.92 Å². The van der Waals surface area contributed by atoms with Crippen LogP contribution in [-0.4, -0.2) is 5.25 Å². The first-order valence-electron chi connectivity index (χ1n) is 4.02. The molecule has 0 saturated heterocycles. The summed E-state index contributed by atoms with van der Waals surface area (Å²) in [5.41, 5.74) is 0.361. The fraction of sp³-hybridized carbons (Fsp3) is 0.889. The van der Waals surface area contributed by atoms with E-state index in [1.165, 1.54) is 12.8 Å². The number of hydrogen-bond donors (Lipinski definition) is 1. The second-order valence-corrected chi connectivity index (χ2v) is 4.17. The number of hydrogen-bond acceptors (Lipinski definition) is 1. The Kier molecular flexibility index (Phi) is 4.42. The van der Waals surface area contributed by atoms with E-state index in [2.05, 4.69) is 40.3 Å². The minimum Gasteiger partial charge on any atom is -0.175 e. The third-order valence-corrected chi connectivity index (χ3v) is 3.03. The zero-order valence-corrected chi connectivity index (χ0v) is 8.25. The zero-order chi connectivity index (χ0) is 8.20. The standard InChI is InChI=1S/C9H19S/c1-5-7-9(3,4)8(10)6-2/h8,10H,2,5-7H2,1,3-4H3. The highest BCUT2D eigenvalue weighted by Crippen LogP contribution is 2.31. The van der Waals surface area contributed by atoms with E-state index in [0.29, 0.717) is 10.7 Å². The van der Waals surface area contributed by atoms with Crippen molar-refractivity contribution in [2.24, 2.45) is 5.41 Å². The van der Waals surface area contributed by atoms with Gasteiger partial charge in [-0.2, -0.15) is 12.6 Å². The van der Waals surface area contributed by atoms with Crippen molar-refractivity contribution >= 4 is 12.6 Å². The molecule has 0 N–H and O–H groups in total. The van der Waals surface area contributed by atoms with E-state index >= 15 is 0 Å². The number of rotatable bonds is 4. The van der Waals surface area contributed by atoms with E-state index in [9.17, 15) is 0 Å². The van der Waals surface area contributed by atoms with Gasteiger partial charge >= 0.3 is 0 Å². The summed E-state index contributed by atoms with van der Waals surface area (Å²) in [4.78, 5) is 0. The van der Waals surface area contributed by atoms with Crippen LogP contribution >= 0.6 is 12.6 Å². The fourth-order valence-electron chi connectivity index (χ4n) is 1.20. The normalized spacial score (nSPS) is 15.3. The van der Waals surface area contributed by atoms with Crippen LogP contribution in [0.3, 0.4) is 0 Å². The molecule has 1 heteroatoms. The summed E-state index contributed by atoms with van der Waals surface area (Å²) in [6, 6.07) is 0. The maximum Gasteiger partial charge on any atom is 0.00680 e. The lowest BCUT2D eigenvalue weighted by atomic mass is 9.83. The van der Waals surface area contributed by atoms with Crippen molar-refractivity contribution in [2.45, 2.75) is 45.3 Å². The second kappa shape index (κ2) is 4.27. The molecule has 0 fully saturated rings. The average molecular weight is 159 g/mol. The van der Waals surface area contributed by atoms with Gasteiger partial charge in [-0.25, -0.2) is 0 Å². The van der Waals surface area contributed by atoms with Crippen LogP contribution in [0.1, 0.15) is 40.0 Å². The lowest BCUT2D eigenvalue weighted by Crippen LogP contribution is -2.23. The molecular formula is C9H19S. The summed E-state index contributed by atoms with van der Waals surface area (Å²) in [6.07, 6.45) is 3.41. The summed E-state index contributed by atoms with van der Waals surface area (Å²) < 4.78 is 0. The molecule has 0 nitrogen and oxygen atoms in total. The van der Waals surface area contributed by atoms with Crippen molar-refractivity contribution in [3.63, 3.8) is 0 Å². The highest BCUT2D eigenvalue weighted by Gasteiger charge is 2.23. The molecule has 0 aromatic carbocycles. The first kappa shape index (κ1) is 10.3. The Hall–Kier alpha value is 0.350. The maximum atomic E-state index is 4.48. The van der Waals surface area contributed by atoms with Gasteiger partial charge in [0.25, 0.3) is 0 Å². The molecule has 10 heavy (non-hydrogen) atoms. The Morgan fingerprint density at radius 1 is 1.50 bits per heavy atom. The van der Waals surface area contributed by atoms with Crippen LogP contribution < -0.4 is 0 Å². The number of thiol groups is 1. The van der Waals surface area contributed by atoms with E-state index in [4.69, 9.17) is 0 Å². The molecule has 0 aliphatic rings. The van der Waals surface area contributed by atoms with Crippen LogP contribution in [0.15, 0.2) is 0 Å². The van der Waals surface area contributed by atoms with Crippen molar-refractivity contribution in [2.75, 3.05) is 0 Å². The third kappa shape index (κ3) is 2.96. The van der Waals surface area contributed by atoms with Crippen molar-refractivity contribution in [3.8, 4) is 0 Å². The minimum atomic E-state index is 0.361. The SMILES string of the molecule is [CH2]CC(S)C(C)(C)CCC. The van der Waals surface area contributed by atoms with Gasteiger partial charge in [0.15, 0.2) is 0 Å². The van der Waals surface area contributed by atoms with Crippen LogP contribution in [-0.2, 0) is 0 Å². The molecule has 0 rings (SSSR count). The molecule has 0 spiro atoms. The van der Waals surface area contributed by atoms with Gasteiger partial charge in [-0.1, -0.05) is 34.1 Å². The van der Waals surface area contributed by atoms with Gasteiger partial charge in [-0.15, -0.1) is 0 Å². The summed E-state index contributed by atoms with van der Waals surface area (Å²) in [6.45, 7) is 10.6. The molecule has 0 aromatic heterocycles. The fourth-order valence-corrected chi connectivity index (χ4v) is 1.33. The Balaban J connectivity index is 3.82. The van der Waals surface area contributed by atoms with Gasteiger partial charge in [0.2, 0.25) is 0 Å². The van der Waals surface area contributed by atoms with Gasteiger partial charge in [0.05, 0.1) is 0 Å². The van der Waals surface area contributed by atoms with E-state index in [1.54, 1.807) is 0 Å². The maximum absolute atomic E-state index is 4.48. The smallest absolute Gasteiger partial charge is 0.00680 e. The second-order valence-electron chi connectivity index (χ2n) is 3.54. The van der Waals surface area contributed by atoms with E-state index < -0.39 is 0 Å². The molecule has 0 bridgehead atoms. The van der Waals surface area contributed by atoms with Gasteiger partial charge < -0.3 is 0 Å². The van der Waals surface area contributed by atoms with Crippen molar-refractivity contribution in [1.82, 2.24) is 0 Å². The third-order valence-electron chi connectivity index (χ3n) is 2.07.